The third-order valence-electron chi connectivity index (χ3n) is 2.74. The monoisotopic (exact) mass is 312 g/mol. The normalized spacial score (nSPS) is 10.3. The van der Waals surface area contributed by atoms with Crippen LogP contribution in [0.2, 0.25) is 10.0 Å². The number of primary amides is 1. The van der Waals surface area contributed by atoms with Gasteiger partial charge in [-0.1, -0.05) is 29.3 Å². The van der Waals surface area contributed by atoms with E-state index in [0.29, 0.717) is 22.8 Å². The average molecular weight is 313 g/mol. The second-order valence-electron chi connectivity index (χ2n) is 4.15. The van der Waals surface area contributed by atoms with Gasteiger partial charge in [0, 0.05) is 22.8 Å². The maximum Gasteiger partial charge on any atom is 0.248 e. The molecule has 0 saturated heterocycles. The minimum absolute atomic E-state index is 0.0465. The van der Waals surface area contributed by atoms with Crippen LogP contribution in [-0.4, -0.2) is 5.91 Å². The number of benzene rings is 2. The molecule has 2 aromatic rings. The Balaban J connectivity index is 2.10. The van der Waals surface area contributed by atoms with Crippen molar-refractivity contribution in [2.24, 2.45) is 5.73 Å². The summed E-state index contributed by atoms with van der Waals surface area (Å²) in [6.07, 6.45) is 0. The van der Waals surface area contributed by atoms with Gasteiger partial charge < -0.3 is 11.1 Å². The van der Waals surface area contributed by atoms with Crippen molar-refractivity contribution in [3.05, 3.63) is 63.4 Å². The number of hydrogen-bond donors (Lipinski definition) is 2. The molecule has 2 rings (SSSR count). The van der Waals surface area contributed by atoms with Gasteiger partial charge in [-0.05, 0) is 35.9 Å². The molecule has 0 atom stereocenters. The third-order valence-corrected chi connectivity index (χ3v) is 3.38. The molecule has 1 amide bonds. The van der Waals surface area contributed by atoms with Crippen LogP contribution in [0.4, 0.5) is 10.1 Å². The molecule has 3 nitrogen and oxygen atoms in total. The second kappa shape index (κ2) is 6.11. The van der Waals surface area contributed by atoms with Gasteiger partial charge in [0.15, 0.2) is 0 Å². The zero-order chi connectivity index (χ0) is 14.7. The number of hydrogen-bond acceptors (Lipinski definition) is 2. The predicted molar refractivity (Wildman–Crippen MR) is 78.7 cm³/mol. The zero-order valence-electron chi connectivity index (χ0n) is 10.3. The number of nitrogens with two attached hydrogens (primary N) is 1. The Morgan fingerprint density at radius 3 is 2.50 bits per heavy atom. The van der Waals surface area contributed by atoms with Crippen LogP contribution in [0.15, 0.2) is 36.4 Å². The van der Waals surface area contributed by atoms with Gasteiger partial charge in [0.1, 0.15) is 5.82 Å². The lowest BCUT2D eigenvalue weighted by Crippen LogP contribution is -2.11. The standard InChI is InChI=1S/C14H11Cl2FN2O/c15-11-5-8(14(18)20)1-2-9(11)7-19-10-3-4-13(17)12(16)6-10/h1-6,19H,7H2,(H2,18,20). The lowest BCUT2D eigenvalue weighted by Gasteiger charge is -2.09. The van der Waals surface area contributed by atoms with E-state index < -0.39 is 11.7 Å². The summed E-state index contributed by atoms with van der Waals surface area (Å²) >= 11 is 11.8. The van der Waals surface area contributed by atoms with E-state index in [2.05, 4.69) is 5.32 Å². The van der Waals surface area contributed by atoms with Crippen molar-refractivity contribution in [2.45, 2.75) is 6.54 Å². The van der Waals surface area contributed by atoms with Crippen LogP contribution in [0.1, 0.15) is 15.9 Å². The molecule has 2 aromatic carbocycles. The lowest BCUT2D eigenvalue weighted by atomic mass is 10.1. The minimum atomic E-state index is -0.531. The highest BCUT2D eigenvalue weighted by atomic mass is 35.5. The molecule has 0 heterocycles. The summed E-state index contributed by atoms with van der Waals surface area (Å²) in [6, 6.07) is 9.17. The molecular formula is C14H11Cl2FN2O. The fraction of sp³-hybridized carbons (Fsp3) is 0.0714. The molecule has 0 aliphatic rings. The molecule has 0 saturated carbocycles. The lowest BCUT2D eigenvalue weighted by molar-refractivity contribution is 0.100. The van der Waals surface area contributed by atoms with Crippen molar-refractivity contribution >= 4 is 34.8 Å². The predicted octanol–water partition coefficient (Wildman–Crippen LogP) is 3.84. The first-order chi connectivity index (χ1) is 9.47. The molecule has 0 aliphatic carbocycles. The average Bonchev–Trinajstić information content (AvgIpc) is 2.41. The van der Waals surface area contributed by atoms with E-state index in [4.69, 9.17) is 28.9 Å². The Kier molecular flexibility index (Phi) is 4.47. The van der Waals surface area contributed by atoms with Gasteiger partial charge in [-0.3, -0.25) is 4.79 Å². The molecule has 0 bridgehead atoms. The maximum absolute atomic E-state index is 13.0. The summed E-state index contributed by atoms with van der Waals surface area (Å²) in [6.45, 7) is 0.417. The summed E-state index contributed by atoms with van der Waals surface area (Å²) in [5, 5.41) is 3.55. The SMILES string of the molecule is NC(=O)c1ccc(CNc2ccc(F)c(Cl)c2)c(Cl)c1. The minimum Gasteiger partial charge on any atom is -0.381 e. The molecule has 104 valence electrons. The number of halogens is 3. The van der Waals surface area contributed by atoms with Crippen LogP contribution >= 0.6 is 23.2 Å². The van der Waals surface area contributed by atoms with E-state index in [1.165, 1.54) is 18.2 Å². The van der Waals surface area contributed by atoms with E-state index in [9.17, 15) is 9.18 Å². The summed E-state index contributed by atoms with van der Waals surface area (Å²) in [5.74, 6) is -1.00. The Labute approximate surface area is 125 Å². The van der Waals surface area contributed by atoms with Crippen molar-refractivity contribution in [1.82, 2.24) is 0 Å². The molecule has 0 fully saturated rings. The third kappa shape index (κ3) is 3.40. The topological polar surface area (TPSA) is 55.1 Å². The molecule has 0 aliphatic heterocycles. The fourth-order valence-corrected chi connectivity index (χ4v) is 2.08. The van der Waals surface area contributed by atoms with E-state index >= 15 is 0 Å². The number of carbonyl (C=O) groups excluding carboxylic acids is 1. The van der Waals surface area contributed by atoms with Crippen LogP contribution in [0.3, 0.4) is 0 Å². The number of amides is 1. The van der Waals surface area contributed by atoms with Crippen LogP contribution in [0, 0.1) is 5.82 Å². The first kappa shape index (κ1) is 14.6. The molecule has 0 radical (unpaired) electrons. The first-order valence-electron chi connectivity index (χ1n) is 5.74. The molecule has 0 aromatic heterocycles. The van der Waals surface area contributed by atoms with Crippen molar-refractivity contribution in [1.29, 1.82) is 0 Å². The Hall–Kier alpha value is -1.78. The number of rotatable bonds is 4. The summed E-state index contributed by atoms with van der Waals surface area (Å²) in [7, 11) is 0. The second-order valence-corrected chi connectivity index (χ2v) is 4.97. The first-order valence-corrected chi connectivity index (χ1v) is 6.50. The van der Waals surface area contributed by atoms with E-state index in [1.807, 2.05) is 0 Å². The van der Waals surface area contributed by atoms with Gasteiger partial charge in [-0.15, -0.1) is 0 Å². The number of anilines is 1. The molecule has 3 N–H and O–H groups in total. The van der Waals surface area contributed by atoms with Gasteiger partial charge in [0.2, 0.25) is 5.91 Å². The van der Waals surface area contributed by atoms with Crippen molar-refractivity contribution in [3.8, 4) is 0 Å². The fourth-order valence-electron chi connectivity index (χ4n) is 1.65. The Bertz CT molecular complexity index is 662. The number of carbonyl (C=O) groups is 1. The highest BCUT2D eigenvalue weighted by molar-refractivity contribution is 6.32. The van der Waals surface area contributed by atoms with E-state index in [1.54, 1.807) is 18.2 Å². The highest BCUT2D eigenvalue weighted by Crippen LogP contribution is 2.22. The van der Waals surface area contributed by atoms with Crippen molar-refractivity contribution in [3.63, 3.8) is 0 Å². The van der Waals surface area contributed by atoms with Gasteiger partial charge >= 0.3 is 0 Å². The quantitative estimate of drug-likeness (QED) is 0.901. The van der Waals surface area contributed by atoms with Crippen LogP contribution < -0.4 is 11.1 Å². The molecule has 0 unspecified atom stereocenters. The summed E-state index contributed by atoms with van der Waals surface area (Å²) in [4.78, 5) is 11.0. The molecule has 20 heavy (non-hydrogen) atoms. The smallest absolute Gasteiger partial charge is 0.248 e. The van der Waals surface area contributed by atoms with Crippen molar-refractivity contribution in [2.75, 3.05) is 5.32 Å². The highest BCUT2D eigenvalue weighted by Gasteiger charge is 2.06. The van der Waals surface area contributed by atoms with Crippen molar-refractivity contribution < 1.29 is 9.18 Å². The van der Waals surface area contributed by atoms with Gasteiger partial charge in [-0.2, -0.15) is 0 Å². The van der Waals surface area contributed by atoms with Crippen LogP contribution in [0.5, 0.6) is 0 Å². The summed E-state index contributed by atoms with van der Waals surface area (Å²) in [5.41, 5.74) is 6.98. The molecular weight excluding hydrogens is 302 g/mol. The Morgan fingerprint density at radius 2 is 1.90 bits per heavy atom. The largest absolute Gasteiger partial charge is 0.381 e. The van der Waals surface area contributed by atoms with E-state index in [0.717, 1.165) is 5.56 Å². The summed E-state index contributed by atoms with van der Waals surface area (Å²) < 4.78 is 13.0. The van der Waals surface area contributed by atoms with E-state index in [-0.39, 0.29) is 5.02 Å². The van der Waals surface area contributed by atoms with Gasteiger partial charge in [0.05, 0.1) is 5.02 Å². The number of nitrogens with one attached hydrogen (secondary N) is 1. The van der Waals surface area contributed by atoms with Crippen LogP contribution in [-0.2, 0) is 6.54 Å². The molecule has 0 spiro atoms. The zero-order valence-corrected chi connectivity index (χ0v) is 11.8. The van der Waals surface area contributed by atoms with Gasteiger partial charge in [0.25, 0.3) is 0 Å². The molecule has 6 heteroatoms. The Morgan fingerprint density at radius 1 is 1.15 bits per heavy atom. The maximum atomic E-state index is 13.0. The van der Waals surface area contributed by atoms with Gasteiger partial charge in [-0.25, -0.2) is 4.39 Å². The van der Waals surface area contributed by atoms with Crippen LogP contribution in [0.25, 0.3) is 0 Å².